The number of unbranched alkanes of at least 4 members (excludes halogenated alkanes) is 7. The normalized spacial score (nSPS) is 10.6. The lowest BCUT2D eigenvalue weighted by Gasteiger charge is -2.17. The molecule has 0 fully saturated rings. The summed E-state index contributed by atoms with van der Waals surface area (Å²) in [6.07, 6.45) is 14.7. The van der Waals surface area contributed by atoms with Crippen molar-refractivity contribution in [1.29, 1.82) is 0 Å². The van der Waals surface area contributed by atoms with Crippen molar-refractivity contribution in [2.75, 3.05) is 30.9 Å². The molecule has 1 aromatic rings. The number of nitrogens with zero attached hydrogens (tertiary/aromatic N) is 2. The van der Waals surface area contributed by atoms with Gasteiger partial charge in [-0.1, -0.05) is 51.9 Å². The first-order valence-corrected chi connectivity index (χ1v) is 8.11. The minimum absolute atomic E-state index is 1.04. The van der Waals surface area contributed by atoms with Gasteiger partial charge in [0.15, 0.2) is 0 Å². The zero-order valence-corrected chi connectivity index (χ0v) is 13.5. The number of pyridine rings is 1. The van der Waals surface area contributed by atoms with Crippen LogP contribution in [0.2, 0.25) is 0 Å². The summed E-state index contributed by atoms with van der Waals surface area (Å²) >= 11 is 0. The molecule has 0 aliphatic heterocycles. The van der Waals surface area contributed by atoms with Gasteiger partial charge in [-0.05, 0) is 12.5 Å². The van der Waals surface area contributed by atoms with Gasteiger partial charge in [-0.15, -0.1) is 0 Å². The Morgan fingerprint density at radius 2 is 1.65 bits per heavy atom. The number of hydrogen-bond acceptors (Lipinski definition) is 3. The summed E-state index contributed by atoms with van der Waals surface area (Å²) in [7, 11) is 4.13. The Hall–Kier alpha value is -1.25. The van der Waals surface area contributed by atoms with Gasteiger partial charge in [0, 0.05) is 26.8 Å². The highest BCUT2D eigenvalue weighted by molar-refractivity contribution is 5.67. The van der Waals surface area contributed by atoms with Gasteiger partial charge in [0.25, 0.3) is 0 Å². The van der Waals surface area contributed by atoms with Gasteiger partial charge in [-0.3, -0.25) is 4.98 Å². The number of rotatable bonds is 11. The topological polar surface area (TPSA) is 28.2 Å². The second kappa shape index (κ2) is 10.5. The first-order chi connectivity index (χ1) is 9.75. The van der Waals surface area contributed by atoms with Gasteiger partial charge in [0.1, 0.15) is 0 Å². The second-order valence-electron chi connectivity index (χ2n) is 5.69. The molecule has 1 N–H and O–H groups in total. The van der Waals surface area contributed by atoms with Crippen molar-refractivity contribution in [2.24, 2.45) is 0 Å². The zero-order chi connectivity index (χ0) is 14.6. The Bertz CT molecular complexity index is 350. The van der Waals surface area contributed by atoms with Crippen molar-refractivity contribution >= 4 is 11.4 Å². The summed E-state index contributed by atoms with van der Waals surface area (Å²) in [5.41, 5.74) is 2.35. The Kier molecular flexibility index (Phi) is 8.84. The third kappa shape index (κ3) is 6.78. The standard InChI is InChI=1S/C17H31N3/c1-4-5-6-7-8-9-10-11-13-19-16-15-18-14-12-17(16)20(2)3/h12,14-15,19H,4-11,13H2,1-3H3. The van der Waals surface area contributed by atoms with Crippen LogP contribution >= 0.6 is 0 Å². The van der Waals surface area contributed by atoms with Crippen LogP contribution in [-0.4, -0.2) is 25.6 Å². The monoisotopic (exact) mass is 277 g/mol. The zero-order valence-electron chi connectivity index (χ0n) is 13.5. The first kappa shape index (κ1) is 16.8. The fourth-order valence-electron chi connectivity index (χ4n) is 2.40. The molecule has 20 heavy (non-hydrogen) atoms. The summed E-state index contributed by atoms with van der Waals surface area (Å²) in [5.74, 6) is 0. The van der Waals surface area contributed by atoms with E-state index in [0.29, 0.717) is 0 Å². The molecule has 0 aliphatic carbocycles. The summed E-state index contributed by atoms with van der Waals surface area (Å²) in [5, 5.41) is 3.50. The van der Waals surface area contributed by atoms with Crippen molar-refractivity contribution in [1.82, 2.24) is 4.98 Å². The van der Waals surface area contributed by atoms with E-state index in [-0.39, 0.29) is 0 Å². The molecule has 1 aromatic heterocycles. The summed E-state index contributed by atoms with van der Waals surface area (Å²) < 4.78 is 0. The van der Waals surface area contributed by atoms with Gasteiger partial charge >= 0.3 is 0 Å². The van der Waals surface area contributed by atoms with E-state index >= 15 is 0 Å². The molecule has 114 valence electrons. The number of aromatic nitrogens is 1. The van der Waals surface area contributed by atoms with E-state index < -0.39 is 0 Å². The van der Waals surface area contributed by atoms with Crippen LogP contribution in [0.1, 0.15) is 58.3 Å². The van der Waals surface area contributed by atoms with E-state index in [2.05, 4.69) is 42.3 Å². The average molecular weight is 277 g/mol. The molecule has 0 radical (unpaired) electrons. The molecule has 0 aromatic carbocycles. The largest absolute Gasteiger partial charge is 0.382 e. The van der Waals surface area contributed by atoms with Crippen LogP contribution in [-0.2, 0) is 0 Å². The Balaban J connectivity index is 2.10. The molecular formula is C17H31N3. The highest BCUT2D eigenvalue weighted by atomic mass is 15.1. The minimum Gasteiger partial charge on any atom is -0.382 e. The highest BCUT2D eigenvalue weighted by Gasteiger charge is 2.02. The van der Waals surface area contributed by atoms with Crippen molar-refractivity contribution in [3.8, 4) is 0 Å². The number of anilines is 2. The Labute approximate surface area is 124 Å². The molecule has 0 unspecified atom stereocenters. The lowest BCUT2D eigenvalue weighted by molar-refractivity contribution is 0.581. The van der Waals surface area contributed by atoms with Gasteiger partial charge in [0.05, 0.1) is 17.6 Å². The fraction of sp³-hybridized carbons (Fsp3) is 0.706. The molecule has 3 heteroatoms. The molecule has 0 amide bonds. The molecule has 0 saturated heterocycles. The lowest BCUT2D eigenvalue weighted by atomic mass is 10.1. The van der Waals surface area contributed by atoms with E-state index in [1.54, 1.807) is 0 Å². The van der Waals surface area contributed by atoms with Crippen LogP contribution in [0.3, 0.4) is 0 Å². The summed E-state index contributed by atoms with van der Waals surface area (Å²) in [6.45, 7) is 3.31. The van der Waals surface area contributed by atoms with Crippen molar-refractivity contribution < 1.29 is 0 Å². The Morgan fingerprint density at radius 1 is 1.00 bits per heavy atom. The molecule has 0 saturated carbocycles. The fourth-order valence-corrected chi connectivity index (χ4v) is 2.40. The number of hydrogen-bond donors (Lipinski definition) is 1. The smallest absolute Gasteiger partial charge is 0.0764 e. The van der Waals surface area contributed by atoms with Crippen molar-refractivity contribution in [3.05, 3.63) is 18.5 Å². The lowest BCUT2D eigenvalue weighted by Crippen LogP contribution is -2.13. The third-order valence-electron chi connectivity index (χ3n) is 3.63. The predicted molar refractivity (Wildman–Crippen MR) is 89.7 cm³/mol. The molecule has 1 heterocycles. The molecule has 1 rings (SSSR count). The van der Waals surface area contributed by atoms with Crippen LogP contribution in [0.15, 0.2) is 18.5 Å². The first-order valence-electron chi connectivity index (χ1n) is 8.11. The van der Waals surface area contributed by atoms with E-state index in [1.807, 2.05) is 12.4 Å². The number of nitrogens with one attached hydrogen (secondary N) is 1. The molecule has 0 bridgehead atoms. The second-order valence-corrected chi connectivity index (χ2v) is 5.69. The van der Waals surface area contributed by atoms with Gasteiger partial charge in [0.2, 0.25) is 0 Å². The van der Waals surface area contributed by atoms with E-state index in [1.165, 1.54) is 57.1 Å². The third-order valence-corrected chi connectivity index (χ3v) is 3.63. The maximum Gasteiger partial charge on any atom is 0.0764 e. The van der Waals surface area contributed by atoms with Crippen LogP contribution < -0.4 is 10.2 Å². The maximum atomic E-state index is 4.20. The molecule has 0 atom stereocenters. The maximum absolute atomic E-state index is 4.20. The Morgan fingerprint density at radius 3 is 2.30 bits per heavy atom. The van der Waals surface area contributed by atoms with E-state index in [4.69, 9.17) is 0 Å². The van der Waals surface area contributed by atoms with Crippen molar-refractivity contribution in [2.45, 2.75) is 58.3 Å². The average Bonchev–Trinajstić information content (AvgIpc) is 2.46. The quantitative estimate of drug-likeness (QED) is 0.594. The van der Waals surface area contributed by atoms with Gasteiger partial charge < -0.3 is 10.2 Å². The van der Waals surface area contributed by atoms with Crippen molar-refractivity contribution in [3.63, 3.8) is 0 Å². The van der Waals surface area contributed by atoms with Crippen LogP contribution in [0, 0.1) is 0 Å². The van der Waals surface area contributed by atoms with Gasteiger partial charge in [-0.25, -0.2) is 0 Å². The van der Waals surface area contributed by atoms with Gasteiger partial charge in [-0.2, -0.15) is 0 Å². The van der Waals surface area contributed by atoms with Crippen LogP contribution in [0.4, 0.5) is 11.4 Å². The van der Waals surface area contributed by atoms with Crippen LogP contribution in [0.25, 0.3) is 0 Å². The molecule has 0 spiro atoms. The summed E-state index contributed by atoms with van der Waals surface area (Å²) in [6, 6.07) is 2.05. The van der Waals surface area contributed by atoms with E-state index in [0.717, 1.165) is 12.2 Å². The summed E-state index contributed by atoms with van der Waals surface area (Å²) in [4.78, 5) is 6.32. The molecule has 0 aliphatic rings. The highest BCUT2D eigenvalue weighted by Crippen LogP contribution is 2.22. The van der Waals surface area contributed by atoms with Crippen LogP contribution in [0.5, 0.6) is 0 Å². The SMILES string of the molecule is CCCCCCCCCCNc1cnccc1N(C)C. The molecule has 3 nitrogen and oxygen atoms in total. The molecular weight excluding hydrogens is 246 g/mol. The van der Waals surface area contributed by atoms with E-state index in [9.17, 15) is 0 Å². The predicted octanol–water partition coefficient (Wildman–Crippen LogP) is 4.70. The minimum atomic E-state index is 1.04.